The molecule has 2 aliphatic heterocycles. The highest BCUT2D eigenvalue weighted by atomic mass is 32.2. The average Bonchev–Trinajstić information content (AvgIpc) is 3.69. The standard InChI is InChI=1S/C27H23N3O4S2/c1-32-21-11-5-7-17-13-22(34-25(17)21)24-18(15-30(28-24)19-8-3-2-4-9-19)14-23-26(31)29(27(35)36-23)16-20-10-6-12-33-20/h2-5,7-9,11,13-15,20H,6,10,12,16H2,1H3/b23-14-/t20-/m0/s1. The summed E-state index contributed by atoms with van der Waals surface area (Å²) in [5.41, 5.74) is 2.94. The molecule has 0 spiro atoms. The Balaban J connectivity index is 1.41. The molecule has 0 bridgehead atoms. The molecule has 7 nitrogen and oxygen atoms in total. The van der Waals surface area contributed by atoms with Crippen LogP contribution >= 0.6 is 24.0 Å². The van der Waals surface area contributed by atoms with Crippen molar-refractivity contribution >= 4 is 51.3 Å². The second-order valence-corrected chi connectivity index (χ2v) is 10.3. The molecule has 2 aromatic heterocycles. The highest BCUT2D eigenvalue weighted by Crippen LogP contribution is 2.38. The van der Waals surface area contributed by atoms with Crippen LogP contribution in [0, 0.1) is 0 Å². The zero-order valence-corrected chi connectivity index (χ0v) is 21.2. The van der Waals surface area contributed by atoms with Crippen LogP contribution in [0.5, 0.6) is 5.75 Å². The van der Waals surface area contributed by atoms with Crippen molar-refractivity contribution in [1.82, 2.24) is 14.7 Å². The first kappa shape index (κ1) is 23.0. The van der Waals surface area contributed by atoms with Gasteiger partial charge in [-0.25, -0.2) is 4.68 Å². The third-order valence-corrected chi connectivity index (χ3v) is 7.67. The third-order valence-electron chi connectivity index (χ3n) is 6.29. The van der Waals surface area contributed by atoms with Gasteiger partial charge in [0, 0.05) is 23.8 Å². The summed E-state index contributed by atoms with van der Waals surface area (Å²) in [4.78, 5) is 15.5. The number of carbonyl (C=O) groups is 1. The van der Waals surface area contributed by atoms with E-state index in [0.717, 1.165) is 36.1 Å². The lowest BCUT2D eigenvalue weighted by atomic mass is 10.1. The fourth-order valence-electron chi connectivity index (χ4n) is 4.50. The Labute approximate surface area is 217 Å². The van der Waals surface area contributed by atoms with Crippen LogP contribution in [0.15, 0.2) is 70.1 Å². The number of carbonyl (C=O) groups excluding carboxylic acids is 1. The number of hydrogen-bond acceptors (Lipinski definition) is 7. The van der Waals surface area contributed by atoms with Crippen LogP contribution in [-0.4, -0.2) is 51.3 Å². The molecular weight excluding hydrogens is 494 g/mol. The quantitative estimate of drug-likeness (QED) is 0.241. The summed E-state index contributed by atoms with van der Waals surface area (Å²) in [6.07, 6.45) is 5.75. The Kier molecular flexibility index (Phi) is 6.12. The van der Waals surface area contributed by atoms with E-state index in [2.05, 4.69) is 0 Å². The number of para-hydroxylation sites is 2. The molecule has 9 heteroatoms. The number of methoxy groups -OCH3 is 1. The van der Waals surface area contributed by atoms with Crippen LogP contribution < -0.4 is 4.74 Å². The van der Waals surface area contributed by atoms with Crippen LogP contribution in [0.25, 0.3) is 34.2 Å². The third kappa shape index (κ3) is 4.23. The van der Waals surface area contributed by atoms with E-state index in [4.69, 9.17) is 31.2 Å². The monoisotopic (exact) mass is 517 g/mol. The summed E-state index contributed by atoms with van der Waals surface area (Å²) < 4.78 is 19.7. The molecule has 0 radical (unpaired) electrons. The van der Waals surface area contributed by atoms with Crippen LogP contribution in [0.2, 0.25) is 0 Å². The maximum atomic E-state index is 13.3. The van der Waals surface area contributed by atoms with Crippen molar-refractivity contribution in [3.63, 3.8) is 0 Å². The number of aromatic nitrogens is 2. The number of rotatable bonds is 6. The van der Waals surface area contributed by atoms with E-state index in [1.165, 1.54) is 11.8 Å². The molecule has 0 aliphatic carbocycles. The van der Waals surface area contributed by atoms with Crippen molar-refractivity contribution in [2.75, 3.05) is 20.3 Å². The number of fused-ring (bicyclic) bond motifs is 1. The van der Waals surface area contributed by atoms with Gasteiger partial charge >= 0.3 is 0 Å². The lowest BCUT2D eigenvalue weighted by Crippen LogP contribution is -2.35. The molecule has 182 valence electrons. The maximum absolute atomic E-state index is 13.3. The van der Waals surface area contributed by atoms with E-state index >= 15 is 0 Å². The minimum atomic E-state index is -0.106. The van der Waals surface area contributed by atoms with Crippen molar-refractivity contribution in [2.24, 2.45) is 0 Å². The van der Waals surface area contributed by atoms with Gasteiger partial charge in [-0.15, -0.1) is 0 Å². The van der Waals surface area contributed by atoms with Crippen LogP contribution in [0.1, 0.15) is 18.4 Å². The fourth-order valence-corrected chi connectivity index (χ4v) is 5.77. The first-order valence-corrected chi connectivity index (χ1v) is 12.9. The summed E-state index contributed by atoms with van der Waals surface area (Å²) in [5.74, 6) is 1.13. The molecule has 4 aromatic rings. The molecule has 4 heterocycles. The Morgan fingerprint density at radius 2 is 2.08 bits per heavy atom. The molecule has 36 heavy (non-hydrogen) atoms. The predicted octanol–water partition coefficient (Wildman–Crippen LogP) is 5.67. The van der Waals surface area contributed by atoms with E-state index in [-0.39, 0.29) is 12.0 Å². The highest BCUT2D eigenvalue weighted by Gasteiger charge is 2.35. The van der Waals surface area contributed by atoms with E-state index in [0.29, 0.717) is 38.6 Å². The van der Waals surface area contributed by atoms with Crippen molar-refractivity contribution in [3.8, 4) is 22.9 Å². The van der Waals surface area contributed by atoms with Gasteiger partial charge in [-0.1, -0.05) is 54.3 Å². The Bertz CT molecular complexity index is 1490. The average molecular weight is 518 g/mol. The number of thioether (sulfide) groups is 1. The molecule has 2 aromatic carbocycles. The molecular formula is C27H23N3O4S2. The number of ether oxygens (including phenoxy) is 2. The van der Waals surface area contributed by atoms with E-state index in [1.807, 2.05) is 66.9 Å². The first-order chi connectivity index (χ1) is 17.6. The van der Waals surface area contributed by atoms with Crippen molar-refractivity contribution in [1.29, 1.82) is 0 Å². The summed E-state index contributed by atoms with van der Waals surface area (Å²) >= 11 is 6.85. The number of benzene rings is 2. The Morgan fingerprint density at radius 3 is 2.86 bits per heavy atom. The predicted molar refractivity (Wildman–Crippen MR) is 144 cm³/mol. The maximum Gasteiger partial charge on any atom is 0.266 e. The molecule has 0 saturated carbocycles. The summed E-state index contributed by atoms with van der Waals surface area (Å²) in [6.45, 7) is 1.22. The normalized spacial score (nSPS) is 19.2. The number of furan rings is 1. The van der Waals surface area contributed by atoms with Crippen LogP contribution in [0.3, 0.4) is 0 Å². The number of thiocarbonyl (C=S) groups is 1. The SMILES string of the molecule is COc1cccc2cc(-c3nn(-c4ccccc4)cc3/C=C3\SC(=S)N(C[C@@H]4CCCO4)C3=O)oc12. The molecule has 1 amide bonds. The Hall–Kier alpha value is -3.40. The van der Waals surface area contributed by atoms with Gasteiger partial charge in [0.25, 0.3) is 5.91 Å². The zero-order chi connectivity index (χ0) is 24.6. The largest absolute Gasteiger partial charge is 0.493 e. The zero-order valence-electron chi connectivity index (χ0n) is 19.5. The smallest absolute Gasteiger partial charge is 0.266 e. The minimum absolute atomic E-state index is 0.0359. The second-order valence-electron chi connectivity index (χ2n) is 8.63. The summed E-state index contributed by atoms with van der Waals surface area (Å²) in [5, 5.41) is 5.75. The van der Waals surface area contributed by atoms with Crippen molar-refractivity contribution < 1.29 is 18.7 Å². The Morgan fingerprint density at radius 1 is 1.22 bits per heavy atom. The first-order valence-electron chi connectivity index (χ1n) is 11.7. The van der Waals surface area contributed by atoms with Crippen molar-refractivity contribution in [2.45, 2.75) is 18.9 Å². The van der Waals surface area contributed by atoms with Gasteiger partial charge in [0.15, 0.2) is 17.1 Å². The van der Waals surface area contributed by atoms with Gasteiger partial charge in [-0.05, 0) is 43.2 Å². The van der Waals surface area contributed by atoms with Crippen LogP contribution in [0.4, 0.5) is 0 Å². The van der Waals surface area contributed by atoms with Gasteiger partial charge in [0.05, 0.1) is 30.4 Å². The van der Waals surface area contributed by atoms with Gasteiger partial charge in [0.2, 0.25) is 0 Å². The molecule has 0 unspecified atom stereocenters. The van der Waals surface area contributed by atoms with Gasteiger partial charge in [0.1, 0.15) is 10.0 Å². The topological polar surface area (TPSA) is 69.7 Å². The minimum Gasteiger partial charge on any atom is -0.493 e. The lowest BCUT2D eigenvalue weighted by Gasteiger charge is -2.18. The molecule has 2 saturated heterocycles. The lowest BCUT2D eigenvalue weighted by molar-refractivity contribution is -0.123. The summed E-state index contributed by atoms with van der Waals surface area (Å²) in [7, 11) is 1.62. The molecule has 1 atom stereocenters. The number of nitrogens with zero attached hydrogens (tertiary/aromatic N) is 3. The van der Waals surface area contributed by atoms with E-state index < -0.39 is 0 Å². The number of hydrogen-bond donors (Lipinski definition) is 0. The molecule has 2 aliphatic rings. The van der Waals surface area contributed by atoms with Gasteiger partial charge in [-0.3, -0.25) is 9.69 Å². The van der Waals surface area contributed by atoms with E-state index in [1.54, 1.807) is 16.7 Å². The molecule has 2 fully saturated rings. The molecule has 0 N–H and O–H groups in total. The summed E-state index contributed by atoms with van der Waals surface area (Å²) in [6, 6.07) is 17.5. The van der Waals surface area contributed by atoms with Gasteiger partial charge in [-0.2, -0.15) is 5.10 Å². The van der Waals surface area contributed by atoms with Gasteiger partial charge < -0.3 is 13.9 Å². The second kappa shape index (κ2) is 9.57. The fraction of sp³-hybridized carbons (Fsp3) is 0.222. The number of amides is 1. The van der Waals surface area contributed by atoms with Crippen molar-refractivity contribution in [3.05, 3.63) is 71.3 Å². The molecule has 6 rings (SSSR count). The van der Waals surface area contributed by atoms with Crippen LogP contribution in [-0.2, 0) is 9.53 Å². The highest BCUT2D eigenvalue weighted by molar-refractivity contribution is 8.26. The van der Waals surface area contributed by atoms with E-state index in [9.17, 15) is 4.79 Å².